The summed E-state index contributed by atoms with van der Waals surface area (Å²) in [6.07, 6.45) is 11.8. The van der Waals surface area contributed by atoms with E-state index in [1.165, 1.54) is 56.7 Å². The Kier molecular flexibility index (Phi) is 21.0. The lowest BCUT2D eigenvalue weighted by Crippen LogP contribution is -2.50. The van der Waals surface area contributed by atoms with Crippen LogP contribution in [0.5, 0.6) is 0 Å². The van der Waals surface area contributed by atoms with Gasteiger partial charge in [-0.3, -0.25) is 14.4 Å². The first-order valence-corrected chi connectivity index (χ1v) is 18.4. The van der Waals surface area contributed by atoms with E-state index in [9.17, 15) is 19.2 Å². The van der Waals surface area contributed by atoms with Crippen molar-refractivity contribution in [1.29, 1.82) is 0 Å². The predicted molar refractivity (Wildman–Crippen MR) is 189 cm³/mol. The third kappa shape index (κ3) is 17.4. The first kappa shape index (κ1) is 39.8. The monoisotopic (exact) mass is 669 g/mol. The van der Waals surface area contributed by atoms with Crippen LogP contribution in [0.3, 0.4) is 0 Å². The molecule has 0 aromatic heterocycles. The fourth-order valence-corrected chi connectivity index (χ4v) is 6.00. The molecule has 2 aromatic rings. The summed E-state index contributed by atoms with van der Waals surface area (Å²) in [5.74, 6) is -1.13. The number of rotatable bonds is 25. The van der Waals surface area contributed by atoms with Crippen molar-refractivity contribution in [2.75, 3.05) is 19.0 Å². The quantitative estimate of drug-likeness (QED) is 0.0817. The van der Waals surface area contributed by atoms with Gasteiger partial charge in [0.15, 0.2) is 6.04 Å². The number of thioether (sulfide) groups is 1. The van der Waals surface area contributed by atoms with E-state index in [1.54, 1.807) is 31.2 Å². The lowest BCUT2D eigenvalue weighted by molar-refractivity contribution is -0.148. The maximum absolute atomic E-state index is 13.7. The number of hydrogen-bond donors (Lipinski definition) is 3. The number of benzene rings is 2. The van der Waals surface area contributed by atoms with Crippen LogP contribution in [0.2, 0.25) is 0 Å². The summed E-state index contributed by atoms with van der Waals surface area (Å²) in [4.78, 5) is 51.7. The second-order valence-corrected chi connectivity index (χ2v) is 12.8. The molecule has 3 unspecified atom stereocenters. The minimum absolute atomic E-state index is 0.0594. The fourth-order valence-electron chi connectivity index (χ4n) is 4.98. The van der Waals surface area contributed by atoms with Crippen LogP contribution >= 0.6 is 11.8 Å². The van der Waals surface area contributed by atoms with Crippen molar-refractivity contribution in [2.45, 2.75) is 115 Å². The molecule has 9 nitrogen and oxygen atoms in total. The Bertz CT molecular complexity index is 1170. The summed E-state index contributed by atoms with van der Waals surface area (Å²) < 4.78 is 10.6. The van der Waals surface area contributed by atoms with Gasteiger partial charge in [0.2, 0.25) is 11.8 Å². The number of nitrogens with two attached hydrogens (primary N) is 1. The first-order chi connectivity index (χ1) is 22.8. The molecule has 0 aliphatic carbocycles. The van der Waals surface area contributed by atoms with E-state index < -0.39 is 41.9 Å². The van der Waals surface area contributed by atoms with Crippen LogP contribution < -0.4 is 16.4 Å². The average molecular weight is 670 g/mol. The summed E-state index contributed by atoms with van der Waals surface area (Å²) in [5, 5.41) is 5.62. The number of amides is 2. The molecular formula is C37H55N3O6S. The number of ether oxygens (including phenoxy) is 2. The zero-order valence-corrected chi connectivity index (χ0v) is 29.1. The van der Waals surface area contributed by atoms with Crippen molar-refractivity contribution in [2.24, 2.45) is 5.73 Å². The van der Waals surface area contributed by atoms with Gasteiger partial charge in [0.25, 0.3) is 0 Å². The predicted octanol–water partition coefficient (Wildman–Crippen LogP) is 6.40. The Morgan fingerprint density at radius 2 is 1.34 bits per heavy atom. The van der Waals surface area contributed by atoms with E-state index in [-0.39, 0.29) is 31.8 Å². The van der Waals surface area contributed by atoms with Gasteiger partial charge >= 0.3 is 11.9 Å². The van der Waals surface area contributed by atoms with Gasteiger partial charge in [-0.1, -0.05) is 125 Å². The van der Waals surface area contributed by atoms with Crippen LogP contribution in [0.15, 0.2) is 60.7 Å². The Morgan fingerprint density at radius 3 is 1.96 bits per heavy atom. The smallest absolute Gasteiger partial charge is 0.333 e. The number of carbonyl (C=O) groups excluding carboxylic acids is 4. The largest absolute Gasteiger partial charge is 0.465 e. The topological polar surface area (TPSA) is 137 Å². The third-order valence-corrected chi connectivity index (χ3v) is 8.82. The van der Waals surface area contributed by atoms with Crippen molar-refractivity contribution in [1.82, 2.24) is 10.6 Å². The minimum atomic E-state index is -1.03. The van der Waals surface area contributed by atoms with Gasteiger partial charge < -0.3 is 25.8 Å². The highest BCUT2D eigenvalue weighted by molar-refractivity contribution is 7.98. The summed E-state index contributed by atoms with van der Waals surface area (Å²) >= 11 is 1.49. The van der Waals surface area contributed by atoms with Crippen LogP contribution in [0.4, 0.5) is 0 Å². The SMILES string of the molecule is CCCCCCCCCCCCOC(=O)C(NC(=O)C(CSCc1ccccc1)NC(=O)CCC(N)C(=O)OCC)c1ccccc1. The Hall–Kier alpha value is -3.37. The summed E-state index contributed by atoms with van der Waals surface area (Å²) in [7, 11) is 0. The van der Waals surface area contributed by atoms with E-state index in [1.807, 2.05) is 36.4 Å². The van der Waals surface area contributed by atoms with E-state index in [4.69, 9.17) is 15.2 Å². The molecule has 0 bridgehead atoms. The van der Waals surface area contributed by atoms with Crippen LogP contribution in [0.1, 0.15) is 108 Å². The van der Waals surface area contributed by atoms with Crippen molar-refractivity contribution in [3.05, 3.63) is 71.8 Å². The molecule has 0 heterocycles. The second kappa shape index (κ2) is 24.8. The van der Waals surface area contributed by atoms with E-state index in [0.717, 1.165) is 24.8 Å². The molecule has 0 saturated carbocycles. The molecule has 260 valence electrons. The van der Waals surface area contributed by atoms with Crippen molar-refractivity contribution in [3.8, 4) is 0 Å². The molecule has 47 heavy (non-hydrogen) atoms. The molecule has 0 fully saturated rings. The molecule has 0 spiro atoms. The molecule has 2 rings (SSSR count). The molecule has 0 aliphatic heterocycles. The van der Waals surface area contributed by atoms with Crippen LogP contribution in [0, 0.1) is 0 Å². The standard InChI is InChI=1S/C37H55N3O6S/c1-3-5-6-7-8-9-10-11-12-19-26-46-37(44)34(30-22-17-14-18-23-30)40-35(42)32(28-47-27-29-20-15-13-16-21-29)39-33(41)25-24-31(38)36(43)45-4-2/h13-18,20-23,31-32,34H,3-12,19,24-28,38H2,1-2H3,(H,39,41)(H,40,42). The molecule has 2 aromatic carbocycles. The van der Waals surface area contributed by atoms with E-state index in [2.05, 4.69) is 17.6 Å². The summed E-state index contributed by atoms with van der Waals surface area (Å²) in [5.41, 5.74) is 7.54. The Labute approximate surface area is 285 Å². The van der Waals surface area contributed by atoms with Gasteiger partial charge in [-0.2, -0.15) is 11.8 Å². The molecule has 2 amide bonds. The lowest BCUT2D eigenvalue weighted by Gasteiger charge is -2.23. The molecule has 0 saturated heterocycles. The van der Waals surface area contributed by atoms with Crippen molar-refractivity contribution >= 4 is 35.5 Å². The molecule has 0 aliphatic rings. The molecule has 3 atom stereocenters. The van der Waals surface area contributed by atoms with Gasteiger partial charge in [0.1, 0.15) is 12.1 Å². The molecule has 0 radical (unpaired) electrons. The average Bonchev–Trinajstić information content (AvgIpc) is 3.08. The second-order valence-electron chi connectivity index (χ2n) is 11.7. The van der Waals surface area contributed by atoms with Crippen LogP contribution in [-0.4, -0.2) is 54.8 Å². The van der Waals surface area contributed by atoms with E-state index in [0.29, 0.717) is 11.3 Å². The zero-order chi connectivity index (χ0) is 34.1. The maximum atomic E-state index is 13.7. The van der Waals surface area contributed by atoms with Crippen LogP contribution in [-0.2, 0) is 34.4 Å². The molecule has 4 N–H and O–H groups in total. The number of nitrogens with one attached hydrogen (secondary N) is 2. The first-order valence-electron chi connectivity index (χ1n) is 17.2. The highest BCUT2D eigenvalue weighted by Gasteiger charge is 2.29. The van der Waals surface area contributed by atoms with Gasteiger partial charge in [0, 0.05) is 17.9 Å². The van der Waals surface area contributed by atoms with E-state index >= 15 is 0 Å². The van der Waals surface area contributed by atoms with Crippen molar-refractivity contribution < 1.29 is 28.7 Å². The summed E-state index contributed by atoms with van der Waals surface area (Å²) in [6.45, 7) is 4.39. The number of carbonyl (C=O) groups is 4. The molecule has 10 heteroatoms. The third-order valence-electron chi connectivity index (χ3n) is 7.72. The summed E-state index contributed by atoms with van der Waals surface area (Å²) in [6, 6.07) is 15.9. The number of unbranched alkanes of at least 4 members (excludes halogenated alkanes) is 9. The zero-order valence-electron chi connectivity index (χ0n) is 28.3. The van der Waals surface area contributed by atoms with Gasteiger partial charge in [0.05, 0.1) is 13.2 Å². The lowest BCUT2D eigenvalue weighted by atomic mass is 10.1. The van der Waals surface area contributed by atoms with Gasteiger partial charge in [-0.05, 0) is 30.9 Å². The number of esters is 2. The Morgan fingerprint density at radius 1 is 0.745 bits per heavy atom. The normalized spacial score (nSPS) is 12.8. The highest BCUT2D eigenvalue weighted by atomic mass is 32.2. The fraction of sp³-hybridized carbons (Fsp3) is 0.568. The van der Waals surface area contributed by atoms with Crippen LogP contribution in [0.25, 0.3) is 0 Å². The Balaban J connectivity index is 1.98. The number of hydrogen-bond acceptors (Lipinski definition) is 8. The molecular weight excluding hydrogens is 614 g/mol. The highest BCUT2D eigenvalue weighted by Crippen LogP contribution is 2.18. The maximum Gasteiger partial charge on any atom is 0.333 e. The van der Waals surface area contributed by atoms with Crippen molar-refractivity contribution in [3.63, 3.8) is 0 Å². The minimum Gasteiger partial charge on any atom is -0.465 e. The van der Waals surface area contributed by atoms with Gasteiger partial charge in [-0.25, -0.2) is 4.79 Å². The van der Waals surface area contributed by atoms with Gasteiger partial charge in [-0.15, -0.1) is 0 Å².